The first kappa shape index (κ1) is 14.5. The van der Waals surface area contributed by atoms with Crippen molar-refractivity contribution in [3.8, 4) is 0 Å². The molecular formula is C16H25FN2. The first-order valence-electron chi connectivity index (χ1n) is 7.37. The van der Waals surface area contributed by atoms with E-state index in [2.05, 4.69) is 12.3 Å². The first-order chi connectivity index (χ1) is 9.15. The van der Waals surface area contributed by atoms with Gasteiger partial charge in [0.15, 0.2) is 0 Å². The van der Waals surface area contributed by atoms with Crippen molar-refractivity contribution in [2.45, 2.75) is 52.0 Å². The molecule has 1 aliphatic carbocycles. The summed E-state index contributed by atoms with van der Waals surface area (Å²) in [7, 11) is 0. The molecule has 2 rings (SSSR count). The minimum Gasteiger partial charge on any atom is -0.271 e. The minimum atomic E-state index is -0.144. The summed E-state index contributed by atoms with van der Waals surface area (Å²) >= 11 is 0. The molecule has 1 aromatic carbocycles. The molecule has 1 aliphatic rings. The maximum absolute atomic E-state index is 13.4. The van der Waals surface area contributed by atoms with E-state index in [1.54, 1.807) is 13.0 Å². The number of nitrogens with two attached hydrogens (primary N) is 1. The molecule has 0 bridgehead atoms. The molecule has 0 aliphatic heterocycles. The van der Waals surface area contributed by atoms with Crippen molar-refractivity contribution in [2.24, 2.45) is 17.7 Å². The average Bonchev–Trinajstić information content (AvgIpc) is 2.44. The summed E-state index contributed by atoms with van der Waals surface area (Å²) in [6.45, 7) is 4.08. The van der Waals surface area contributed by atoms with Crippen LogP contribution in [0.5, 0.6) is 0 Å². The van der Waals surface area contributed by atoms with E-state index in [1.807, 2.05) is 12.1 Å². The number of nitrogens with one attached hydrogen (secondary N) is 1. The number of hydrogen-bond acceptors (Lipinski definition) is 2. The van der Waals surface area contributed by atoms with E-state index in [-0.39, 0.29) is 11.9 Å². The normalized spacial score (nSPS) is 25.3. The summed E-state index contributed by atoms with van der Waals surface area (Å²) in [5, 5.41) is 0. The summed E-state index contributed by atoms with van der Waals surface area (Å²) in [5.74, 6) is 7.05. The third kappa shape index (κ3) is 3.34. The van der Waals surface area contributed by atoms with E-state index in [0.717, 1.165) is 11.5 Å². The third-order valence-corrected chi connectivity index (χ3v) is 4.66. The van der Waals surface area contributed by atoms with Gasteiger partial charge in [-0.3, -0.25) is 11.3 Å². The minimum absolute atomic E-state index is 0.144. The van der Waals surface area contributed by atoms with Crippen LogP contribution in [0.2, 0.25) is 0 Å². The van der Waals surface area contributed by atoms with Crippen molar-refractivity contribution in [3.05, 3.63) is 35.1 Å². The molecular weight excluding hydrogens is 239 g/mol. The molecule has 0 radical (unpaired) electrons. The van der Waals surface area contributed by atoms with Gasteiger partial charge in [0, 0.05) is 6.04 Å². The van der Waals surface area contributed by atoms with Crippen LogP contribution in [-0.4, -0.2) is 0 Å². The lowest BCUT2D eigenvalue weighted by molar-refractivity contribution is 0.219. The van der Waals surface area contributed by atoms with Gasteiger partial charge in [-0.15, -0.1) is 0 Å². The van der Waals surface area contributed by atoms with Crippen molar-refractivity contribution < 1.29 is 4.39 Å². The highest BCUT2D eigenvalue weighted by Gasteiger charge is 2.27. The largest absolute Gasteiger partial charge is 0.271 e. The van der Waals surface area contributed by atoms with Gasteiger partial charge < -0.3 is 0 Å². The fraction of sp³-hybridized carbons (Fsp3) is 0.625. The van der Waals surface area contributed by atoms with E-state index >= 15 is 0 Å². The van der Waals surface area contributed by atoms with E-state index in [0.29, 0.717) is 11.5 Å². The molecule has 106 valence electrons. The number of benzene rings is 1. The maximum atomic E-state index is 13.4. The Labute approximate surface area is 115 Å². The van der Waals surface area contributed by atoms with Crippen LogP contribution in [0, 0.1) is 24.6 Å². The van der Waals surface area contributed by atoms with Crippen LogP contribution < -0.4 is 11.3 Å². The molecule has 0 amide bonds. The molecule has 1 atom stereocenters. The standard InChI is InChI=1S/C16H25FN2/c1-3-12-4-6-13(7-5-12)16(19-18)14-8-9-15(17)11(2)10-14/h8-10,12-13,16,19H,3-7,18H2,1-2H3. The topological polar surface area (TPSA) is 38.0 Å². The Balaban J connectivity index is 2.09. The van der Waals surface area contributed by atoms with Gasteiger partial charge in [0.1, 0.15) is 5.82 Å². The summed E-state index contributed by atoms with van der Waals surface area (Å²) in [6, 6.07) is 5.48. The van der Waals surface area contributed by atoms with E-state index < -0.39 is 0 Å². The fourth-order valence-electron chi connectivity index (χ4n) is 3.30. The summed E-state index contributed by atoms with van der Waals surface area (Å²) in [5.41, 5.74) is 4.75. The highest BCUT2D eigenvalue weighted by Crippen LogP contribution is 2.37. The highest BCUT2D eigenvalue weighted by atomic mass is 19.1. The van der Waals surface area contributed by atoms with Crippen LogP contribution in [0.1, 0.15) is 56.2 Å². The number of rotatable bonds is 4. The quantitative estimate of drug-likeness (QED) is 0.640. The average molecular weight is 264 g/mol. The number of aryl methyl sites for hydroxylation is 1. The molecule has 0 heterocycles. The Morgan fingerprint density at radius 1 is 1.32 bits per heavy atom. The first-order valence-corrected chi connectivity index (χ1v) is 7.37. The Bertz CT molecular complexity index is 411. The zero-order chi connectivity index (χ0) is 13.8. The van der Waals surface area contributed by atoms with Crippen molar-refractivity contribution >= 4 is 0 Å². The van der Waals surface area contributed by atoms with E-state index in [9.17, 15) is 4.39 Å². The molecule has 3 N–H and O–H groups in total. The Morgan fingerprint density at radius 2 is 2.00 bits per heavy atom. The second kappa shape index (κ2) is 6.49. The van der Waals surface area contributed by atoms with E-state index in [4.69, 9.17) is 5.84 Å². The lowest BCUT2D eigenvalue weighted by Gasteiger charge is -2.33. The van der Waals surface area contributed by atoms with Gasteiger partial charge in [-0.2, -0.15) is 0 Å². The van der Waals surface area contributed by atoms with Crippen LogP contribution in [0.15, 0.2) is 18.2 Å². The molecule has 1 aromatic rings. The summed E-state index contributed by atoms with van der Waals surface area (Å²) in [6.07, 6.45) is 6.29. The van der Waals surface area contributed by atoms with Gasteiger partial charge in [-0.05, 0) is 48.8 Å². The molecule has 0 spiro atoms. The van der Waals surface area contributed by atoms with Crippen LogP contribution in [0.3, 0.4) is 0 Å². The van der Waals surface area contributed by atoms with Gasteiger partial charge >= 0.3 is 0 Å². The molecule has 0 aromatic heterocycles. The zero-order valence-electron chi connectivity index (χ0n) is 12.0. The van der Waals surface area contributed by atoms with Gasteiger partial charge in [0.25, 0.3) is 0 Å². The Morgan fingerprint density at radius 3 is 2.53 bits per heavy atom. The smallest absolute Gasteiger partial charge is 0.126 e. The van der Waals surface area contributed by atoms with Gasteiger partial charge in [0.05, 0.1) is 0 Å². The molecule has 3 heteroatoms. The fourth-order valence-corrected chi connectivity index (χ4v) is 3.30. The monoisotopic (exact) mass is 264 g/mol. The molecule has 1 unspecified atom stereocenters. The van der Waals surface area contributed by atoms with Crippen molar-refractivity contribution in [1.82, 2.24) is 5.43 Å². The lowest BCUT2D eigenvalue weighted by Crippen LogP contribution is -2.35. The van der Waals surface area contributed by atoms with Crippen molar-refractivity contribution in [3.63, 3.8) is 0 Å². The second-order valence-corrected chi connectivity index (χ2v) is 5.84. The van der Waals surface area contributed by atoms with Crippen LogP contribution in [-0.2, 0) is 0 Å². The molecule has 1 saturated carbocycles. The number of hydrogen-bond donors (Lipinski definition) is 2. The predicted octanol–water partition coefficient (Wildman–Crippen LogP) is 3.85. The van der Waals surface area contributed by atoms with Gasteiger partial charge in [-0.1, -0.05) is 38.3 Å². The SMILES string of the molecule is CCC1CCC(C(NN)c2ccc(F)c(C)c2)CC1. The molecule has 0 saturated heterocycles. The lowest BCUT2D eigenvalue weighted by atomic mass is 9.76. The predicted molar refractivity (Wildman–Crippen MR) is 76.9 cm³/mol. The van der Waals surface area contributed by atoms with Crippen molar-refractivity contribution in [2.75, 3.05) is 0 Å². The Kier molecular flexibility index (Phi) is 4.94. The maximum Gasteiger partial charge on any atom is 0.126 e. The van der Waals surface area contributed by atoms with Crippen LogP contribution in [0.25, 0.3) is 0 Å². The van der Waals surface area contributed by atoms with Gasteiger partial charge in [-0.25, -0.2) is 4.39 Å². The van der Waals surface area contributed by atoms with E-state index in [1.165, 1.54) is 32.1 Å². The second-order valence-electron chi connectivity index (χ2n) is 5.84. The number of hydrazine groups is 1. The van der Waals surface area contributed by atoms with Crippen molar-refractivity contribution in [1.29, 1.82) is 0 Å². The summed E-state index contributed by atoms with van der Waals surface area (Å²) < 4.78 is 13.4. The molecule has 1 fully saturated rings. The zero-order valence-corrected chi connectivity index (χ0v) is 12.0. The highest BCUT2D eigenvalue weighted by molar-refractivity contribution is 5.27. The summed E-state index contributed by atoms with van der Waals surface area (Å²) in [4.78, 5) is 0. The van der Waals surface area contributed by atoms with Crippen LogP contribution in [0.4, 0.5) is 4.39 Å². The van der Waals surface area contributed by atoms with Crippen LogP contribution >= 0.6 is 0 Å². The molecule has 2 nitrogen and oxygen atoms in total. The number of halogens is 1. The molecule has 19 heavy (non-hydrogen) atoms. The third-order valence-electron chi connectivity index (χ3n) is 4.66. The van der Waals surface area contributed by atoms with Gasteiger partial charge in [0.2, 0.25) is 0 Å². The Hall–Kier alpha value is -0.930.